The summed E-state index contributed by atoms with van der Waals surface area (Å²) in [6.45, 7) is 3.23. The number of hydrogen-bond donors (Lipinski definition) is 3. The van der Waals surface area contributed by atoms with Crippen LogP contribution in [-0.2, 0) is 16.0 Å². The Morgan fingerprint density at radius 2 is 1.54 bits per heavy atom. The summed E-state index contributed by atoms with van der Waals surface area (Å²) in [6, 6.07) is 22.8. The number of anilines is 1. The predicted molar refractivity (Wildman–Crippen MR) is 138 cm³/mol. The molecule has 0 aromatic heterocycles. The summed E-state index contributed by atoms with van der Waals surface area (Å²) in [5, 5.41) is 15.6. The summed E-state index contributed by atoms with van der Waals surface area (Å²) in [5.74, 6) is -1.17. The molecule has 0 unspecified atom stereocenters. The van der Waals surface area contributed by atoms with Crippen molar-refractivity contribution in [3.8, 4) is 11.1 Å². The van der Waals surface area contributed by atoms with Gasteiger partial charge in [-0.05, 0) is 46.4 Å². The molecule has 3 aromatic rings. The van der Waals surface area contributed by atoms with Gasteiger partial charge in [-0.1, -0.05) is 80.4 Å². The number of hydrogen-bond acceptors (Lipinski definition) is 4. The predicted octanol–water partition coefficient (Wildman–Crippen LogP) is 5.82. The molecule has 1 aliphatic carbocycles. The third-order valence-corrected chi connectivity index (χ3v) is 6.44. The van der Waals surface area contributed by atoms with Crippen LogP contribution >= 0.6 is 0 Å². The Labute approximate surface area is 206 Å². The third-order valence-electron chi connectivity index (χ3n) is 6.44. The highest BCUT2D eigenvalue weighted by atomic mass is 16.5. The second-order valence-electron chi connectivity index (χ2n) is 8.90. The molecular weight excluding hydrogens is 440 g/mol. The van der Waals surface area contributed by atoms with Crippen molar-refractivity contribution in [3.63, 3.8) is 0 Å². The van der Waals surface area contributed by atoms with Gasteiger partial charge in [0, 0.05) is 24.6 Å². The van der Waals surface area contributed by atoms with Crippen molar-refractivity contribution in [2.75, 3.05) is 18.5 Å². The molecule has 3 aromatic carbocycles. The minimum Gasteiger partial charge on any atom is -0.480 e. The fourth-order valence-electron chi connectivity index (χ4n) is 4.58. The second-order valence-corrected chi connectivity index (χ2v) is 8.90. The van der Waals surface area contributed by atoms with Crippen molar-refractivity contribution in [2.45, 2.75) is 44.6 Å². The normalized spacial score (nSPS) is 12.9. The van der Waals surface area contributed by atoms with Gasteiger partial charge in [0.1, 0.15) is 12.6 Å². The van der Waals surface area contributed by atoms with Gasteiger partial charge in [0.25, 0.3) is 0 Å². The van der Waals surface area contributed by atoms with Gasteiger partial charge >= 0.3 is 12.1 Å². The van der Waals surface area contributed by atoms with E-state index in [1.165, 1.54) is 12.8 Å². The first kappa shape index (κ1) is 24.3. The molecule has 0 spiro atoms. The summed E-state index contributed by atoms with van der Waals surface area (Å²) in [6.07, 6.45) is 2.92. The fraction of sp³-hybridized carbons (Fsp3) is 0.310. The van der Waals surface area contributed by atoms with Crippen LogP contribution in [0.25, 0.3) is 11.1 Å². The highest BCUT2D eigenvalue weighted by Crippen LogP contribution is 2.44. The van der Waals surface area contributed by atoms with Gasteiger partial charge in [-0.2, -0.15) is 0 Å². The first-order chi connectivity index (χ1) is 17.1. The van der Waals surface area contributed by atoms with E-state index in [0.717, 1.165) is 46.5 Å². The Morgan fingerprint density at radius 1 is 0.914 bits per heavy atom. The average Bonchev–Trinajstić information content (AvgIpc) is 3.19. The largest absolute Gasteiger partial charge is 0.480 e. The number of nitrogens with one attached hydrogen (secondary N) is 2. The number of carbonyl (C=O) groups excluding carboxylic acids is 1. The lowest BCUT2D eigenvalue weighted by atomic mass is 9.98. The molecule has 0 saturated carbocycles. The zero-order valence-corrected chi connectivity index (χ0v) is 20.0. The van der Waals surface area contributed by atoms with Gasteiger partial charge in [-0.25, -0.2) is 9.59 Å². The van der Waals surface area contributed by atoms with Crippen molar-refractivity contribution < 1.29 is 19.4 Å². The summed E-state index contributed by atoms with van der Waals surface area (Å²) in [5.41, 5.74) is 6.34. The first-order valence-corrected chi connectivity index (χ1v) is 12.2. The van der Waals surface area contributed by atoms with E-state index in [9.17, 15) is 14.7 Å². The van der Waals surface area contributed by atoms with Crippen LogP contribution in [0.2, 0.25) is 0 Å². The molecular formula is C29H32N2O4. The highest BCUT2D eigenvalue weighted by Gasteiger charge is 2.29. The van der Waals surface area contributed by atoms with Crippen molar-refractivity contribution >= 4 is 17.7 Å². The van der Waals surface area contributed by atoms with E-state index in [-0.39, 0.29) is 18.9 Å². The number of fused-ring (bicyclic) bond motifs is 3. The molecule has 0 radical (unpaired) electrons. The number of rotatable bonds is 11. The van der Waals surface area contributed by atoms with Gasteiger partial charge in [0.05, 0.1) is 0 Å². The van der Waals surface area contributed by atoms with E-state index in [4.69, 9.17) is 4.74 Å². The Hall–Kier alpha value is -3.80. The molecule has 6 nitrogen and oxygen atoms in total. The molecule has 6 heteroatoms. The molecule has 35 heavy (non-hydrogen) atoms. The number of carboxylic acids is 1. The van der Waals surface area contributed by atoms with Crippen molar-refractivity contribution in [1.82, 2.24) is 5.32 Å². The fourth-order valence-corrected chi connectivity index (χ4v) is 4.58. The van der Waals surface area contributed by atoms with Crippen LogP contribution in [0, 0.1) is 0 Å². The standard InChI is InChI=1S/C29H32N2O4/c1-2-3-8-17-30-21-15-13-20(14-16-21)18-27(28(32)33)31-29(34)35-19-26-24-11-6-4-9-22(24)23-10-5-7-12-25(23)26/h4-7,9-16,26-27,30H,2-3,8,17-19H2,1H3,(H,31,34)(H,32,33)/t27-/m1/s1. The zero-order valence-electron chi connectivity index (χ0n) is 20.0. The first-order valence-electron chi connectivity index (χ1n) is 12.2. The van der Waals surface area contributed by atoms with Crippen LogP contribution in [-0.4, -0.2) is 36.4 Å². The zero-order chi connectivity index (χ0) is 24.6. The quantitative estimate of drug-likeness (QED) is 0.306. The Balaban J connectivity index is 1.33. The number of carboxylic acid groups (broad SMARTS) is 1. The number of carbonyl (C=O) groups is 2. The SMILES string of the molecule is CCCCCNc1ccc(C[C@@H](NC(=O)OCC2c3ccccc3-c3ccccc32)C(=O)O)cc1. The molecule has 4 rings (SSSR count). The lowest BCUT2D eigenvalue weighted by Gasteiger charge is -2.18. The van der Waals surface area contributed by atoms with Gasteiger partial charge in [0.2, 0.25) is 0 Å². The van der Waals surface area contributed by atoms with Crippen LogP contribution in [0.15, 0.2) is 72.8 Å². The van der Waals surface area contributed by atoms with E-state index in [1.807, 2.05) is 60.7 Å². The Kier molecular flexibility index (Phi) is 8.03. The van der Waals surface area contributed by atoms with Crippen LogP contribution in [0.1, 0.15) is 48.8 Å². The van der Waals surface area contributed by atoms with Gasteiger partial charge < -0.3 is 20.5 Å². The molecule has 0 heterocycles. The molecule has 1 aliphatic rings. The number of aliphatic carboxylic acids is 1. The van der Waals surface area contributed by atoms with E-state index < -0.39 is 18.1 Å². The van der Waals surface area contributed by atoms with Gasteiger partial charge in [-0.3, -0.25) is 0 Å². The Morgan fingerprint density at radius 3 is 2.14 bits per heavy atom. The molecule has 0 bridgehead atoms. The average molecular weight is 473 g/mol. The topological polar surface area (TPSA) is 87.7 Å². The molecule has 0 saturated heterocycles. The van der Waals surface area contributed by atoms with Gasteiger partial charge in [-0.15, -0.1) is 0 Å². The third kappa shape index (κ3) is 6.01. The molecule has 0 aliphatic heterocycles. The number of amides is 1. The Bertz CT molecular complexity index is 1110. The van der Waals surface area contributed by atoms with E-state index in [2.05, 4.69) is 29.7 Å². The van der Waals surface area contributed by atoms with Crippen molar-refractivity contribution in [3.05, 3.63) is 89.5 Å². The maximum absolute atomic E-state index is 12.5. The van der Waals surface area contributed by atoms with Crippen LogP contribution in [0.4, 0.5) is 10.5 Å². The lowest BCUT2D eigenvalue weighted by molar-refractivity contribution is -0.139. The molecule has 1 amide bonds. The van der Waals surface area contributed by atoms with Crippen molar-refractivity contribution in [1.29, 1.82) is 0 Å². The monoisotopic (exact) mass is 472 g/mol. The van der Waals surface area contributed by atoms with E-state index in [1.54, 1.807) is 0 Å². The number of ether oxygens (including phenoxy) is 1. The summed E-state index contributed by atoms with van der Waals surface area (Å²) in [7, 11) is 0. The second kappa shape index (κ2) is 11.6. The van der Waals surface area contributed by atoms with Crippen LogP contribution in [0.3, 0.4) is 0 Å². The number of unbranched alkanes of at least 4 members (excludes halogenated alkanes) is 2. The number of benzene rings is 3. The minimum absolute atomic E-state index is 0.0752. The number of alkyl carbamates (subject to hydrolysis) is 1. The lowest BCUT2D eigenvalue weighted by Crippen LogP contribution is -2.42. The molecule has 1 atom stereocenters. The molecule has 0 fully saturated rings. The summed E-state index contributed by atoms with van der Waals surface area (Å²) < 4.78 is 5.52. The minimum atomic E-state index is -1.10. The summed E-state index contributed by atoms with van der Waals surface area (Å²) >= 11 is 0. The van der Waals surface area contributed by atoms with Crippen LogP contribution < -0.4 is 10.6 Å². The van der Waals surface area contributed by atoms with E-state index in [0.29, 0.717) is 0 Å². The highest BCUT2D eigenvalue weighted by molar-refractivity contribution is 5.81. The smallest absolute Gasteiger partial charge is 0.407 e. The van der Waals surface area contributed by atoms with Crippen molar-refractivity contribution in [2.24, 2.45) is 0 Å². The van der Waals surface area contributed by atoms with Crippen LogP contribution in [0.5, 0.6) is 0 Å². The van der Waals surface area contributed by atoms with E-state index >= 15 is 0 Å². The summed E-state index contributed by atoms with van der Waals surface area (Å²) in [4.78, 5) is 24.4. The molecule has 3 N–H and O–H groups in total. The maximum atomic E-state index is 12.5. The maximum Gasteiger partial charge on any atom is 0.407 e. The van der Waals surface area contributed by atoms with Gasteiger partial charge in [0.15, 0.2) is 0 Å². The molecule has 182 valence electrons.